The number of hydrogen-bond acceptors (Lipinski definition) is 3. The maximum Gasteiger partial charge on any atom is 0.251 e. The van der Waals surface area contributed by atoms with Crippen molar-refractivity contribution in [2.24, 2.45) is 0 Å². The molecule has 20 heavy (non-hydrogen) atoms. The number of amides is 2. The highest BCUT2D eigenvalue weighted by Crippen LogP contribution is 2.04. The van der Waals surface area contributed by atoms with Gasteiger partial charge >= 0.3 is 0 Å². The van der Waals surface area contributed by atoms with E-state index < -0.39 is 0 Å². The second-order valence-electron chi connectivity index (χ2n) is 5.04. The average molecular weight is 275 g/mol. The minimum absolute atomic E-state index is 0.0227. The molecular formula is C15H21N3O2. The van der Waals surface area contributed by atoms with Gasteiger partial charge in [0.2, 0.25) is 5.91 Å². The molecule has 1 aliphatic heterocycles. The number of benzene rings is 1. The number of nitrogens with one attached hydrogen (secondary N) is 2. The number of nitrogens with zero attached hydrogens (tertiary/aromatic N) is 1. The number of hydrogen-bond donors (Lipinski definition) is 2. The van der Waals surface area contributed by atoms with Gasteiger partial charge in [-0.25, -0.2) is 0 Å². The lowest BCUT2D eigenvalue weighted by Crippen LogP contribution is -2.46. The monoisotopic (exact) mass is 275 g/mol. The molecule has 2 rings (SSSR count). The Balaban J connectivity index is 1.86. The van der Waals surface area contributed by atoms with Crippen molar-refractivity contribution in [3.05, 3.63) is 35.9 Å². The van der Waals surface area contributed by atoms with Gasteiger partial charge in [0.15, 0.2) is 0 Å². The van der Waals surface area contributed by atoms with Gasteiger partial charge in [-0.15, -0.1) is 0 Å². The van der Waals surface area contributed by atoms with Crippen molar-refractivity contribution >= 4 is 11.8 Å². The van der Waals surface area contributed by atoms with E-state index in [1.54, 1.807) is 24.3 Å². The van der Waals surface area contributed by atoms with Crippen LogP contribution < -0.4 is 10.6 Å². The van der Waals surface area contributed by atoms with Gasteiger partial charge in [0.25, 0.3) is 5.91 Å². The Morgan fingerprint density at radius 1 is 1.35 bits per heavy atom. The summed E-state index contributed by atoms with van der Waals surface area (Å²) >= 11 is 0. The van der Waals surface area contributed by atoms with Crippen molar-refractivity contribution in [1.82, 2.24) is 15.5 Å². The second-order valence-corrected chi connectivity index (χ2v) is 5.04. The molecular weight excluding hydrogens is 254 g/mol. The van der Waals surface area contributed by atoms with Crippen molar-refractivity contribution in [1.29, 1.82) is 0 Å². The van der Waals surface area contributed by atoms with Crippen LogP contribution in [0.25, 0.3) is 0 Å². The normalized spacial score (nSPS) is 19.2. The molecule has 0 saturated carbocycles. The molecule has 108 valence electrons. The summed E-state index contributed by atoms with van der Waals surface area (Å²) in [5.74, 6) is -0.231. The van der Waals surface area contributed by atoms with Crippen molar-refractivity contribution in [2.75, 3.05) is 26.2 Å². The number of carbonyl (C=O) groups is 2. The first-order chi connectivity index (χ1) is 9.68. The van der Waals surface area contributed by atoms with E-state index in [1.807, 2.05) is 17.9 Å². The van der Waals surface area contributed by atoms with Crippen LogP contribution in [-0.2, 0) is 4.79 Å². The summed E-state index contributed by atoms with van der Waals surface area (Å²) < 4.78 is 0. The summed E-state index contributed by atoms with van der Waals surface area (Å²) in [5.41, 5.74) is 0.575. The van der Waals surface area contributed by atoms with Gasteiger partial charge in [-0.2, -0.15) is 0 Å². The van der Waals surface area contributed by atoms with Gasteiger partial charge in [-0.3, -0.25) is 9.59 Å². The maximum absolute atomic E-state index is 12.2. The fourth-order valence-electron chi connectivity index (χ4n) is 2.34. The second kappa shape index (κ2) is 7.05. The molecule has 0 spiro atoms. The predicted octanol–water partition coefficient (Wildman–Crippen LogP) is 0.627. The van der Waals surface area contributed by atoms with Crippen LogP contribution in [0.1, 0.15) is 23.7 Å². The first kappa shape index (κ1) is 14.5. The van der Waals surface area contributed by atoms with E-state index in [4.69, 9.17) is 0 Å². The van der Waals surface area contributed by atoms with Crippen LogP contribution in [0, 0.1) is 0 Å². The zero-order valence-corrected chi connectivity index (χ0v) is 11.8. The van der Waals surface area contributed by atoms with Crippen molar-refractivity contribution in [3.63, 3.8) is 0 Å². The van der Waals surface area contributed by atoms with Crippen molar-refractivity contribution in [3.8, 4) is 0 Å². The standard InChI is InChI=1S/C15H21N3O2/c1-12-10-16-8-5-9-18(12)14(19)11-17-15(20)13-6-3-2-4-7-13/h2-4,6-7,12,16H,5,8-11H2,1H3,(H,17,20). The molecule has 1 fully saturated rings. The van der Waals surface area contributed by atoms with Gasteiger partial charge < -0.3 is 15.5 Å². The molecule has 0 bridgehead atoms. The first-order valence-electron chi connectivity index (χ1n) is 7.02. The Hall–Kier alpha value is -1.88. The van der Waals surface area contributed by atoms with Crippen LogP contribution in [0.15, 0.2) is 30.3 Å². The Morgan fingerprint density at radius 3 is 2.85 bits per heavy atom. The van der Waals surface area contributed by atoms with Crippen LogP contribution >= 0.6 is 0 Å². The van der Waals surface area contributed by atoms with Crippen molar-refractivity contribution < 1.29 is 9.59 Å². The van der Waals surface area contributed by atoms with Crippen LogP contribution in [-0.4, -0.2) is 48.9 Å². The summed E-state index contributed by atoms with van der Waals surface area (Å²) in [4.78, 5) is 25.9. The highest BCUT2D eigenvalue weighted by atomic mass is 16.2. The topological polar surface area (TPSA) is 61.4 Å². The Kier molecular flexibility index (Phi) is 5.12. The van der Waals surface area contributed by atoms with Crippen LogP contribution in [0.4, 0.5) is 0 Å². The SMILES string of the molecule is CC1CNCCCN1C(=O)CNC(=O)c1ccccc1. The number of carbonyl (C=O) groups excluding carboxylic acids is 2. The third-order valence-corrected chi connectivity index (χ3v) is 3.48. The van der Waals surface area contributed by atoms with Crippen LogP contribution in [0.5, 0.6) is 0 Å². The van der Waals surface area contributed by atoms with E-state index in [0.717, 1.165) is 26.1 Å². The fourth-order valence-corrected chi connectivity index (χ4v) is 2.34. The quantitative estimate of drug-likeness (QED) is 0.850. The average Bonchev–Trinajstić information content (AvgIpc) is 2.70. The van der Waals surface area contributed by atoms with Gasteiger partial charge in [0.1, 0.15) is 0 Å². The molecule has 1 heterocycles. The van der Waals surface area contributed by atoms with E-state index in [1.165, 1.54) is 0 Å². The van der Waals surface area contributed by atoms with E-state index in [0.29, 0.717) is 5.56 Å². The Labute approximate surface area is 119 Å². The van der Waals surface area contributed by atoms with Gasteiger partial charge in [0.05, 0.1) is 6.54 Å². The highest BCUT2D eigenvalue weighted by Gasteiger charge is 2.21. The first-order valence-corrected chi connectivity index (χ1v) is 7.02. The third kappa shape index (κ3) is 3.81. The Bertz CT molecular complexity index is 461. The largest absolute Gasteiger partial charge is 0.343 e. The molecule has 1 aromatic rings. The summed E-state index contributed by atoms with van der Waals surface area (Å²) in [7, 11) is 0. The molecule has 1 saturated heterocycles. The molecule has 0 radical (unpaired) electrons. The molecule has 2 N–H and O–H groups in total. The van der Waals surface area contributed by atoms with E-state index >= 15 is 0 Å². The van der Waals surface area contributed by atoms with Gasteiger partial charge in [0, 0.05) is 24.7 Å². The zero-order valence-electron chi connectivity index (χ0n) is 11.8. The zero-order chi connectivity index (χ0) is 14.4. The van der Waals surface area contributed by atoms with E-state index in [-0.39, 0.29) is 24.4 Å². The summed E-state index contributed by atoms with van der Waals surface area (Å²) in [6.07, 6.45) is 0.947. The molecule has 1 aliphatic rings. The van der Waals surface area contributed by atoms with Crippen LogP contribution in [0.3, 0.4) is 0 Å². The molecule has 0 aliphatic carbocycles. The highest BCUT2D eigenvalue weighted by molar-refractivity contribution is 5.96. The summed E-state index contributed by atoms with van der Waals surface area (Å²) in [6, 6.07) is 9.10. The summed E-state index contributed by atoms with van der Waals surface area (Å²) in [6.45, 7) is 4.56. The molecule has 1 unspecified atom stereocenters. The molecule has 2 amide bonds. The smallest absolute Gasteiger partial charge is 0.251 e. The molecule has 1 atom stereocenters. The van der Waals surface area contributed by atoms with E-state index in [9.17, 15) is 9.59 Å². The molecule has 0 aromatic heterocycles. The van der Waals surface area contributed by atoms with Gasteiger partial charge in [-0.05, 0) is 32.0 Å². The lowest BCUT2D eigenvalue weighted by atomic mass is 10.2. The minimum Gasteiger partial charge on any atom is -0.343 e. The molecule has 5 nitrogen and oxygen atoms in total. The molecule has 1 aromatic carbocycles. The predicted molar refractivity (Wildman–Crippen MR) is 77.4 cm³/mol. The van der Waals surface area contributed by atoms with Crippen molar-refractivity contribution in [2.45, 2.75) is 19.4 Å². The maximum atomic E-state index is 12.2. The van der Waals surface area contributed by atoms with Gasteiger partial charge in [-0.1, -0.05) is 18.2 Å². The van der Waals surface area contributed by atoms with E-state index in [2.05, 4.69) is 10.6 Å². The minimum atomic E-state index is -0.209. The summed E-state index contributed by atoms with van der Waals surface area (Å²) in [5, 5.41) is 5.98. The fraction of sp³-hybridized carbons (Fsp3) is 0.467. The lowest BCUT2D eigenvalue weighted by molar-refractivity contribution is -0.131. The lowest BCUT2D eigenvalue weighted by Gasteiger charge is -2.27. The van der Waals surface area contributed by atoms with Crippen LogP contribution in [0.2, 0.25) is 0 Å². The Morgan fingerprint density at radius 2 is 2.10 bits per heavy atom. The third-order valence-electron chi connectivity index (χ3n) is 3.48. The molecule has 5 heteroatoms. The number of rotatable bonds is 3.